The number of likely N-dealkylation sites (tertiary alicyclic amines) is 1. The Hall–Kier alpha value is -4.41. The van der Waals surface area contributed by atoms with E-state index in [0.717, 1.165) is 42.5 Å². The third-order valence-electron chi connectivity index (χ3n) is 10.2. The van der Waals surface area contributed by atoms with Gasteiger partial charge in [0.1, 0.15) is 18.1 Å². The topological polar surface area (TPSA) is 114 Å². The summed E-state index contributed by atoms with van der Waals surface area (Å²) in [4.78, 5) is 60.1. The van der Waals surface area contributed by atoms with E-state index in [9.17, 15) is 19.2 Å². The van der Waals surface area contributed by atoms with Crippen LogP contribution in [0.1, 0.15) is 56.1 Å². The number of rotatable bonds is 12. The highest BCUT2D eigenvalue weighted by Crippen LogP contribution is 2.39. The van der Waals surface area contributed by atoms with E-state index in [4.69, 9.17) is 11.6 Å². The van der Waals surface area contributed by atoms with Crippen molar-refractivity contribution >= 4 is 40.9 Å². The summed E-state index contributed by atoms with van der Waals surface area (Å²) in [7, 11) is 0. The van der Waals surface area contributed by atoms with E-state index >= 15 is 0 Å². The molecule has 4 amide bonds. The molecule has 1 unspecified atom stereocenters. The Morgan fingerprint density at radius 3 is 2.16 bits per heavy atom. The van der Waals surface area contributed by atoms with Crippen molar-refractivity contribution in [3.05, 3.63) is 101 Å². The predicted molar refractivity (Wildman–Crippen MR) is 194 cm³/mol. The van der Waals surface area contributed by atoms with Crippen LogP contribution in [0, 0.1) is 0 Å². The lowest BCUT2D eigenvalue weighted by Gasteiger charge is -2.44. The molecule has 3 aromatic rings. The molecule has 10 nitrogen and oxygen atoms in total. The smallest absolute Gasteiger partial charge is 0.250 e. The molecule has 3 N–H and O–H groups in total. The average molecular weight is 699 g/mol. The summed E-state index contributed by atoms with van der Waals surface area (Å²) in [5, 5.41) is 9.89. The number of piperidine rings is 1. The van der Waals surface area contributed by atoms with Crippen LogP contribution in [0.3, 0.4) is 0 Å². The maximum atomic E-state index is 14.2. The van der Waals surface area contributed by atoms with E-state index < -0.39 is 11.6 Å². The Balaban J connectivity index is 1.13. The van der Waals surface area contributed by atoms with Gasteiger partial charge in [-0.25, -0.2) is 0 Å². The molecule has 2 saturated heterocycles. The molecule has 6 rings (SSSR count). The van der Waals surface area contributed by atoms with Crippen molar-refractivity contribution in [2.24, 2.45) is 0 Å². The molecule has 11 heteroatoms. The van der Waals surface area contributed by atoms with E-state index in [1.165, 1.54) is 6.42 Å². The summed E-state index contributed by atoms with van der Waals surface area (Å²) in [5.41, 5.74) is 1.97. The Bertz CT molecular complexity index is 1610. The molecule has 3 fully saturated rings. The molecule has 3 aliphatic rings. The molecule has 1 saturated carbocycles. The average Bonchev–Trinajstić information content (AvgIpc) is 3.39. The van der Waals surface area contributed by atoms with Crippen LogP contribution in [0.4, 0.5) is 5.69 Å². The Morgan fingerprint density at radius 1 is 0.820 bits per heavy atom. The summed E-state index contributed by atoms with van der Waals surface area (Å²) in [5.74, 6) is -0.665. The number of benzene rings is 3. The fraction of sp³-hybridized carbons (Fsp3) is 0.436. The van der Waals surface area contributed by atoms with Gasteiger partial charge < -0.3 is 30.7 Å². The lowest BCUT2D eigenvalue weighted by Crippen LogP contribution is -2.60. The van der Waals surface area contributed by atoms with Crippen molar-refractivity contribution in [3.63, 3.8) is 0 Å². The summed E-state index contributed by atoms with van der Waals surface area (Å²) < 4.78 is 0. The molecule has 1 spiro atoms. The number of amides is 4. The first kappa shape index (κ1) is 35.4. The van der Waals surface area contributed by atoms with Gasteiger partial charge in [-0.2, -0.15) is 0 Å². The van der Waals surface area contributed by atoms with Gasteiger partial charge in [-0.05, 0) is 61.1 Å². The highest BCUT2D eigenvalue weighted by Gasteiger charge is 2.54. The molecule has 264 valence electrons. The van der Waals surface area contributed by atoms with Gasteiger partial charge in [0.25, 0.3) is 5.91 Å². The molecule has 1 aliphatic carbocycles. The van der Waals surface area contributed by atoms with Crippen LogP contribution in [0.2, 0.25) is 5.02 Å². The zero-order valence-electron chi connectivity index (χ0n) is 28.5. The summed E-state index contributed by atoms with van der Waals surface area (Å²) in [6.07, 6.45) is 6.51. The maximum Gasteiger partial charge on any atom is 0.250 e. The van der Waals surface area contributed by atoms with Gasteiger partial charge in [0, 0.05) is 42.8 Å². The lowest BCUT2D eigenvalue weighted by molar-refractivity contribution is -0.141. The minimum absolute atomic E-state index is 0.0105. The Morgan fingerprint density at radius 2 is 1.48 bits per heavy atom. The molecule has 0 radical (unpaired) electrons. The first-order valence-corrected chi connectivity index (χ1v) is 18.2. The number of para-hydroxylation sites is 1. The van der Waals surface area contributed by atoms with Crippen molar-refractivity contribution in [1.29, 1.82) is 0 Å². The molecular weight excluding hydrogens is 652 g/mol. The number of nitrogens with zero attached hydrogens (tertiary/aromatic N) is 3. The molecule has 3 aromatic carbocycles. The van der Waals surface area contributed by atoms with Crippen molar-refractivity contribution in [2.45, 2.75) is 75.5 Å². The van der Waals surface area contributed by atoms with Crippen LogP contribution in [0.15, 0.2) is 84.9 Å². The molecule has 1 atom stereocenters. The first-order chi connectivity index (χ1) is 24.3. The molecular formula is C39H47ClN6O4. The van der Waals surface area contributed by atoms with Crippen molar-refractivity contribution in [3.8, 4) is 0 Å². The number of carbonyl (C=O) groups excluding carboxylic acids is 4. The van der Waals surface area contributed by atoms with Crippen LogP contribution < -0.4 is 20.9 Å². The predicted octanol–water partition coefficient (Wildman–Crippen LogP) is 4.27. The quantitative estimate of drug-likeness (QED) is 0.261. The normalized spacial score (nSPS) is 18.3. The van der Waals surface area contributed by atoms with E-state index in [-0.39, 0.29) is 42.8 Å². The molecule has 2 aliphatic heterocycles. The number of hydrogen-bond acceptors (Lipinski definition) is 6. The molecule has 2 heterocycles. The molecule has 50 heavy (non-hydrogen) atoms. The number of anilines is 1. The Kier molecular flexibility index (Phi) is 11.7. The SMILES string of the molecule is O=C(CN1CN(c2ccccc2)C2(CCN(C(=O)C(Cc3ccc(Cl)cc3)NC(=O)CNCc3ccccc3)CC2)C1=O)NC1CCCCC1. The van der Waals surface area contributed by atoms with Crippen LogP contribution in [-0.4, -0.2) is 83.9 Å². The summed E-state index contributed by atoms with van der Waals surface area (Å²) >= 11 is 6.12. The standard InChI is InChI=1S/C39H47ClN6O4/c40-31-18-16-29(17-19-31)24-34(43-35(47)26-41-25-30-10-4-1-5-11-30)37(49)44-22-20-39(21-23-44)38(50)45(28-46(39)33-14-8-3-9-15-33)27-36(48)42-32-12-6-2-7-13-32/h1,3-5,8-11,14-19,32,34,41H,2,6-7,12-13,20-28H2,(H,42,48)(H,43,47). The Labute approximate surface area is 299 Å². The van der Waals surface area contributed by atoms with Crippen molar-refractivity contribution in [2.75, 3.05) is 37.7 Å². The van der Waals surface area contributed by atoms with Crippen molar-refractivity contribution in [1.82, 2.24) is 25.8 Å². The third kappa shape index (κ3) is 8.65. The van der Waals surface area contributed by atoms with Gasteiger partial charge in [-0.15, -0.1) is 0 Å². The van der Waals surface area contributed by atoms with Gasteiger partial charge in [0.2, 0.25) is 17.7 Å². The largest absolute Gasteiger partial charge is 0.352 e. The monoisotopic (exact) mass is 698 g/mol. The van der Waals surface area contributed by atoms with Gasteiger partial charge in [-0.3, -0.25) is 19.2 Å². The maximum absolute atomic E-state index is 14.2. The summed E-state index contributed by atoms with van der Waals surface area (Å²) in [6.45, 7) is 1.60. The number of nitrogens with one attached hydrogen (secondary N) is 3. The number of halogens is 1. The van der Waals surface area contributed by atoms with E-state index in [1.807, 2.05) is 72.8 Å². The minimum atomic E-state index is -0.875. The number of hydrogen-bond donors (Lipinski definition) is 3. The molecule has 0 bridgehead atoms. The number of carbonyl (C=O) groups is 4. The fourth-order valence-electron chi connectivity index (χ4n) is 7.55. The first-order valence-electron chi connectivity index (χ1n) is 17.8. The van der Waals surface area contributed by atoms with Crippen LogP contribution >= 0.6 is 11.6 Å². The summed E-state index contributed by atoms with van der Waals surface area (Å²) in [6, 6.07) is 26.3. The second-order valence-corrected chi connectivity index (χ2v) is 14.1. The third-order valence-corrected chi connectivity index (χ3v) is 10.5. The van der Waals surface area contributed by atoms with E-state index in [0.29, 0.717) is 50.6 Å². The fourth-order valence-corrected chi connectivity index (χ4v) is 7.68. The second-order valence-electron chi connectivity index (χ2n) is 13.7. The van der Waals surface area contributed by atoms with E-state index in [1.54, 1.807) is 21.9 Å². The second kappa shape index (κ2) is 16.5. The highest BCUT2D eigenvalue weighted by atomic mass is 35.5. The molecule has 0 aromatic heterocycles. The zero-order valence-corrected chi connectivity index (χ0v) is 29.2. The van der Waals surface area contributed by atoms with Gasteiger partial charge in [-0.1, -0.05) is 91.5 Å². The van der Waals surface area contributed by atoms with E-state index in [2.05, 4.69) is 20.9 Å². The van der Waals surface area contributed by atoms with Crippen LogP contribution in [0.5, 0.6) is 0 Å². The zero-order chi connectivity index (χ0) is 34.9. The van der Waals surface area contributed by atoms with Crippen LogP contribution in [0.25, 0.3) is 0 Å². The van der Waals surface area contributed by atoms with Gasteiger partial charge in [0.05, 0.1) is 13.2 Å². The minimum Gasteiger partial charge on any atom is -0.352 e. The highest BCUT2D eigenvalue weighted by molar-refractivity contribution is 6.30. The van der Waals surface area contributed by atoms with Gasteiger partial charge in [0.15, 0.2) is 0 Å². The van der Waals surface area contributed by atoms with Crippen LogP contribution in [-0.2, 0) is 32.1 Å². The van der Waals surface area contributed by atoms with Crippen molar-refractivity contribution < 1.29 is 19.2 Å². The van der Waals surface area contributed by atoms with Gasteiger partial charge >= 0.3 is 0 Å². The lowest BCUT2D eigenvalue weighted by atomic mass is 9.85.